The zero-order chi connectivity index (χ0) is 23.7. The minimum atomic E-state index is -4.30. The molecular weight excluding hydrogens is 441 g/mol. The van der Waals surface area contributed by atoms with Crippen molar-refractivity contribution in [3.63, 3.8) is 0 Å². The summed E-state index contributed by atoms with van der Waals surface area (Å²) in [6.45, 7) is 3.48. The topological polar surface area (TPSA) is 51.0 Å². The first-order valence-corrected chi connectivity index (χ1v) is 11.8. The maximum absolute atomic E-state index is 12.9. The van der Waals surface area contributed by atoms with E-state index in [1.54, 1.807) is 35.3 Å². The van der Waals surface area contributed by atoms with Crippen LogP contribution in [0, 0.1) is 11.8 Å². The summed E-state index contributed by atoms with van der Waals surface area (Å²) in [4.78, 5) is 23.1. The van der Waals surface area contributed by atoms with Gasteiger partial charge in [-0.3, -0.25) is 9.55 Å². The number of hydrogen-bond acceptors (Lipinski definition) is 4. The molecule has 0 bridgehead atoms. The molecule has 0 amide bonds. The molecule has 2 fully saturated rings. The molecule has 1 aliphatic heterocycles. The zero-order valence-electron chi connectivity index (χ0n) is 18.8. The van der Waals surface area contributed by atoms with Crippen LogP contribution in [0.5, 0.6) is 0 Å². The van der Waals surface area contributed by atoms with Gasteiger partial charge >= 0.3 is 11.9 Å². The van der Waals surface area contributed by atoms with Crippen molar-refractivity contribution in [2.24, 2.45) is 11.8 Å². The minimum Gasteiger partial charge on any atom is -0.302 e. The van der Waals surface area contributed by atoms with E-state index in [1.165, 1.54) is 12.1 Å². The van der Waals surface area contributed by atoms with Gasteiger partial charge in [0.15, 0.2) is 0 Å². The smallest absolute Gasteiger partial charge is 0.302 e. The van der Waals surface area contributed by atoms with Gasteiger partial charge < -0.3 is 4.90 Å². The summed E-state index contributed by atoms with van der Waals surface area (Å²) < 4.78 is 40.3. The van der Waals surface area contributed by atoms with E-state index in [0.717, 1.165) is 50.0 Å². The highest BCUT2D eigenvalue weighted by Crippen LogP contribution is 2.52. The van der Waals surface area contributed by atoms with E-state index in [1.807, 2.05) is 18.2 Å². The number of alkyl halides is 3. The van der Waals surface area contributed by atoms with Crippen molar-refractivity contribution in [3.05, 3.63) is 82.7 Å². The number of likely N-dealkylation sites (tertiary alicyclic amines) is 1. The molecule has 0 N–H and O–H groups in total. The molecule has 8 heteroatoms. The van der Waals surface area contributed by atoms with E-state index >= 15 is 0 Å². The van der Waals surface area contributed by atoms with Crippen LogP contribution < -0.4 is 5.69 Å². The lowest BCUT2D eigenvalue weighted by Gasteiger charge is -2.32. The molecule has 178 valence electrons. The van der Waals surface area contributed by atoms with Crippen molar-refractivity contribution in [1.29, 1.82) is 0 Å². The van der Waals surface area contributed by atoms with Gasteiger partial charge in [-0.2, -0.15) is 18.2 Å². The van der Waals surface area contributed by atoms with Crippen LogP contribution in [0.25, 0.3) is 11.3 Å². The van der Waals surface area contributed by atoms with Crippen molar-refractivity contribution in [2.75, 3.05) is 19.6 Å². The summed E-state index contributed by atoms with van der Waals surface area (Å²) >= 11 is 0. The quantitative estimate of drug-likeness (QED) is 0.466. The predicted octanol–water partition coefficient (Wildman–Crippen LogP) is 4.84. The van der Waals surface area contributed by atoms with Gasteiger partial charge in [-0.25, -0.2) is 4.79 Å². The number of pyridine rings is 1. The first-order chi connectivity index (χ1) is 16.4. The third-order valence-electron chi connectivity index (χ3n) is 7.06. The lowest BCUT2D eigenvalue weighted by atomic mass is 9.89. The first kappa shape index (κ1) is 22.8. The lowest BCUT2D eigenvalue weighted by molar-refractivity contribution is -0.137. The minimum absolute atomic E-state index is 0.262. The number of piperidine rings is 1. The third kappa shape index (κ3) is 5.06. The number of fused-ring (bicyclic) bond motifs is 1. The van der Waals surface area contributed by atoms with Crippen LogP contribution in [0.4, 0.5) is 13.2 Å². The molecule has 34 heavy (non-hydrogen) atoms. The van der Waals surface area contributed by atoms with Crippen LogP contribution in [-0.4, -0.2) is 39.1 Å². The van der Waals surface area contributed by atoms with Gasteiger partial charge in [0.05, 0.1) is 11.3 Å². The highest BCUT2D eigenvalue weighted by atomic mass is 19.4. The Morgan fingerprint density at radius 1 is 1.00 bits per heavy atom. The van der Waals surface area contributed by atoms with E-state index in [9.17, 15) is 18.0 Å². The molecule has 0 radical (unpaired) electrons. The van der Waals surface area contributed by atoms with Gasteiger partial charge in [0, 0.05) is 43.8 Å². The van der Waals surface area contributed by atoms with Crippen molar-refractivity contribution in [2.45, 2.75) is 37.9 Å². The first-order valence-electron chi connectivity index (χ1n) is 11.8. The average Bonchev–Trinajstić information content (AvgIpc) is 3.62. The fraction of sp³-hybridized carbons (Fsp3) is 0.423. The molecule has 5 rings (SSSR count). The molecule has 1 saturated carbocycles. The van der Waals surface area contributed by atoms with Gasteiger partial charge in [-0.05, 0) is 79.5 Å². The number of unbranched alkanes of at least 4 members (excludes halogenated alkanes) is 1. The van der Waals surface area contributed by atoms with Crippen LogP contribution in [-0.2, 0) is 12.7 Å². The van der Waals surface area contributed by atoms with Crippen LogP contribution in [0.3, 0.4) is 0 Å². The molecular formula is C26H27F3N4O. The van der Waals surface area contributed by atoms with E-state index in [4.69, 9.17) is 0 Å². The predicted molar refractivity (Wildman–Crippen MR) is 123 cm³/mol. The van der Waals surface area contributed by atoms with E-state index < -0.39 is 11.7 Å². The Kier molecular flexibility index (Phi) is 6.25. The maximum atomic E-state index is 12.9. The molecule has 1 saturated heterocycles. The third-order valence-corrected chi connectivity index (χ3v) is 7.06. The van der Waals surface area contributed by atoms with Gasteiger partial charge in [-0.15, -0.1) is 0 Å². The van der Waals surface area contributed by atoms with Crippen molar-refractivity contribution >= 4 is 0 Å². The van der Waals surface area contributed by atoms with Crippen LogP contribution in [0.2, 0.25) is 0 Å². The Morgan fingerprint density at radius 3 is 2.50 bits per heavy atom. The Bertz CT molecular complexity index is 1180. The van der Waals surface area contributed by atoms with Crippen LogP contribution >= 0.6 is 0 Å². The normalized spacial score (nSPS) is 22.4. The highest BCUT2D eigenvalue weighted by Gasteiger charge is 2.48. The van der Waals surface area contributed by atoms with Crippen molar-refractivity contribution in [3.8, 4) is 11.3 Å². The second-order valence-corrected chi connectivity index (χ2v) is 9.38. The zero-order valence-corrected chi connectivity index (χ0v) is 18.8. The SMILES string of the molecule is O=c1nc(-c2cccnc2)ccn1CCCCN1C[C@H]2CC2[C@@H](c2ccc(C(F)(F)F)cc2)C1. The number of hydrogen-bond donors (Lipinski definition) is 0. The molecule has 3 aromatic rings. The number of aromatic nitrogens is 3. The van der Waals surface area contributed by atoms with Gasteiger partial charge in [0.2, 0.25) is 0 Å². The largest absolute Gasteiger partial charge is 0.416 e. The van der Waals surface area contributed by atoms with E-state index in [0.29, 0.717) is 30.0 Å². The Hall–Kier alpha value is -3.00. The molecule has 0 spiro atoms. The fourth-order valence-electron chi connectivity index (χ4n) is 5.14. The summed E-state index contributed by atoms with van der Waals surface area (Å²) in [6.07, 6.45) is 3.84. The average molecular weight is 469 g/mol. The Morgan fingerprint density at radius 2 is 1.79 bits per heavy atom. The van der Waals surface area contributed by atoms with Crippen LogP contribution in [0.15, 0.2) is 65.8 Å². The van der Waals surface area contributed by atoms with Crippen LogP contribution in [0.1, 0.15) is 36.3 Å². The highest BCUT2D eigenvalue weighted by molar-refractivity contribution is 5.56. The van der Waals surface area contributed by atoms with Gasteiger partial charge in [0.1, 0.15) is 0 Å². The number of halogens is 3. The van der Waals surface area contributed by atoms with Gasteiger partial charge in [0.25, 0.3) is 0 Å². The molecule has 2 aliphatic rings. The second-order valence-electron chi connectivity index (χ2n) is 9.38. The fourth-order valence-corrected chi connectivity index (χ4v) is 5.14. The number of rotatable bonds is 7. The standard InChI is InChI=1S/C26H27F3N4O/c27-26(28,29)21-7-5-18(6-8-21)23-17-32(16-20-14-22(20)23)11-1-2-12-33-13-9-24(31-25(33)34)19-4-3-10-30-15-19/h3-10,13,15,20,22-23H,1-2,11-12,14,16-17H2/t20-,22?,23-/m1/s1. The maximum Gasteiger partial charge on any atom is 0.416 e. The Balaban J connectivity index is 1.13. The van der Waals surface area contributed by atoms with Gasteiger partial charge in [-0.1, -0.05) is 12.1 Å². The molecule has 1 unspecified atom stereocenters. The summed E-state index contributed by atoms with van der Waals surface area (Å²) in [5, 5.41) is 0. The molecule has 2 aromatic heterocycles. The summed E-state index contributed by atoms with van der Waals surface area (Å²) in [5.74, 6) is 1.54. The number of nitrogens with zero attached hydrogens (tertiary/aromatic N) is 4. The molecule has 1 aromatic carbocycles. The van der Waals surface area contributed by atoms with Crippen molar-refractivity contribution < 1.29 is 13.2 Å². The molecule has 1 aliphatic carbocycles. The molecule has 3 atom stereocenters. The second kappa shape index (κ2) is 9.33. The molecule has 3 heterocycles. The summed E-state index contributed by atoms with van der Waals surface area (Å²) in [6, 6.07) is 11.2. The summed E-state index contributed by atoms with van der Waals surface area (Å²) in [7, 11) is 0. The van der Waals surface area contributed by atoms with E-state index in [-0.39, 0.29) is 5.69 Å². The lowest BCUT2D eigenvalue weighted by Crippen LogP contribution is -2.37. The summed E-state index contributed by atoms with van der Waals surface area (Å²) in [5.41, 5.74) is 1.60. The number of benzene rings is 1. The molecule has 5 nitrogen and oxygen atoms in total. The van der Waals surface area contributed by atoms with Crippen molar-refractivity contribution in [1.82, 2.24) is 19.4 Å². The number of aryl methyl sites for hydroxylation is 1. The monoisotopic (exact) mass is 468 g/mol. The Labute approximate surface area is 196 Å². The van der Waals surface area contributed by atoms with E-state index in [2.05, 4.69) is 14.9 Å².